The highest BCUT2D eigenvalue weighted by Gasteiger charge is 2.10. The second kappa shape index (κ2) is 7.87. The quantitative estimate of drug-likeness (QED) is 0.440. The molecule has 2 aromatic rings. The maximum atomic E-state index is 12.7. The zero-order valence-electron chi connectivity index (χ0n) is 16.8. The van der Waals surface area contributed by atoms with Crippen LogP contribution in [0.1, 0.15) is 23.2 Å². The minimum Gasteiger partial charge on any atom is -0.469 e. The van der Waals surface area contributed by atoms with Gasteiger partial charge >= 0.3 is 5.97 Å². The van der Waals surface area contributed by atoms with E-state index in [1.54, 1.807) is 12.4 Å². The summed E-state index contributed by atoms with van der Waals surface area (Å²) in [4.78, 5) is 37.4. The lowest BCUT2D eigenvalue weighted by atomic mass is 10.1. The van der Waals surface area contributed by atoms with Gasteiger partial charge in [-0.15, -0.1) is 0 Å². The molecule has 0 fully saturated rings. The summed E-state index contributed by atoms with van der Waals surface area (Å²) < 4.78 is 4.71. The number of nitrogens with zero attached hydrogens (tertiary/aromatic N) is 1. The van der Waals surface area contributed by atoms with Gasteiger partial charge in [-0.3, -0.25) is 14.6 Å². The van der Waals surface area contributed by atoms with E-state index in [2.05, 4.69) is 26.5 Å². The standard InChI is InChI=1S/C23H22N4O3/c1-13-16(4-5-21(28)30-3)12-25-20(13)11-19-18-10-17(15-6-8-24-9-7-15)14(2)26-22(18)27-23(19)29/h6-12,25-26H,2,4-5H2,1,3H3,(H,27,29). The van der Waals surface area contributed by atoms with Crippen molar-refractivity contribution in [2.75, 3.05) is 7.11 Å². The van der Waals surface area contributed by atoms with Crippen molar-refractivity contribution in [1.29, 1.82) is 0 Å². The smallest absolute Gasteiger partial charge is 0.305 e. The van der Waals surface area contributed by atoms with Gasteiger partial charge in [0.05, 0.1) is 12.3 Å². The summed E-state index contributed by atoms with van der Waals surface area (Å²) in [7, 11) is 1.38. The Morgan fingerprint density at radius 2 is 2.03 bits per heavy atom. The molecule has 2 aromatic heterocycles. The molecule has 2 aliphatic rings. The van der Waals surface area contributed by atoms with Crippen molar-refractivity contribution in [1.82, 2.24) is 19.9 Å². The Bertz CT molecular complexity index is 1440. The van der Waals surface area contributed by atoms with Crippen LogP contribution in [-0.2, 0) is 16.0 Å². The summed E-state index contributed by atoms with van der Waals surface area (Å²) in [5, 5.41) is 2.05. The van der Waals surface area contributed by atoms with E-state index in [0.29, 0.717) is 28.9 Å². The van der Waals surface area contributed by atoms with Crippen molar-refractivity contribution in [2.45, 2.75) is 19.8 Å². The Labute approximate surface area is 171 Å². The number of esters is 1. The molecule has 7 heteroatoms. The number of nitrogens with one attached hydrogen (secondary N) is 3. The van der Waals surface area contributed by atoms with Crippen molar-refractivity contribution in [3.8, 4) is 11.1 Å². The van der Waals surface area contributed by atoms with Crippen molar-refractivity contribution in [3.05, 3.63) is 85.2 Å². The summed E-state index contributed by atoms with van der Waals surface area (Å²) in [5.74, 6) is -0.247. The number of aromatic amines is 3. The molecule has 7 nitrogen and oxygen atoms in total. The molecule has 4 rings (SSSR count). The zero-order valence-corrected chi connectivity index (χ0v) is 16.8. The number of hydrogen-bond acceptors (Lipinski definition) is 4. The Hall–Kier alpha value is -3.87. The highest BCUT2D eigenvalue weighted by Crippen LogP contribution is 2.16. The summed E-state index contributed by atoms with van der Waals surface area (Å²) >= 11 is 0. The van der Waals surface area contributed by atoms with E-state index in [0.717, 1.165) is 33.2 Å². The van der Waals surface area contributed by atoms with Crippen LogP contribution in [0, 0.1) is 17.6 Å². The number of ether oxygens (including phenoxy) is 1. The molecule has 0 spiro atoms. The number of carbonyl (C=O) groups is 1. The third-order valence-electron chi connectivity index (χ3n) is 5.33. The molecule has 0 amide bonds. The third kappa shape index (κ3) is 3.57. The molecule has 0 saturated carbocycles. The monoisotopic (exact) mass is 402 g/mol. The highest BCUT2D eigenvalue weighted by molar-refractivity contribution is 5.69. The molecule has 0 unspecified atom stereocenters. The predicted octanol–water partition coefficient (Wildman–Crippen LogP) is 1.47. The first-order chi connectivity index (χ1) is 14.5. The number of aromatic nitrogens is 4. The van der Waals surface area contributed by atoms with E-state index >= 15 is 0 Å². The fraction of sp³-hybridized carbons (Fsp3) is 0.174. The SMILES string of the molecule is C=c1[nH]c2[nH]c(=O)c(=Cc3[nH]cc(CCC(=O)OC)c3C)c=2cc1-c1ccncc1. The summed E-state index contributed by atoms with van der Waals surface area (Å²) in [6.45, 7) is 6.05. The number of aryl methyl sites for hydroxylation is 1. The van der Waals surface area contributed by atoms with Gasteiger partial charge in [0.1, 0.15) is 5.48 Å². The summed E-state index contributed by atoms with van der Waals surface area (Å²) in [5.41, 5.74) is 5.16. The average Bonchev–Trinajstić information content (AvgIpc) is 3.25. The van der Waals surface area contributed by atoms with Crippen molar-refractivity contribution in [2.24, 2.45) is 0 Å². The van der Waals surface area contributed by atoms with Gasteiger partial charge in [0.2, 0.25) is 0 Å². The molecule has 0 aliphatic carbocycles. The molecule has 0 aromatic carbocycles. The molecule has 3 N–H and O–H groups in total. The fourth-order valence-electron chi connectivity index (χ4n) is 3.58. The Balaban J connectivity index is 1.83. The van der Waals surface area contributed by atoms with Crippen molar-refractivity contribution in [3.63, 3.8) is 0 Å². The van der Waals surface area contributed by atoms with Gasteiger partial charge in [-0.05, 0) is 54.3 Å². The minimum absolute atomic E-state index is 0.183. The highest BCUT2D eigenvalue weighted by atomic mass is 16.5. The normalized spacial score (nSPS) is 11.9. The van der Waals surface area contributed by atoms with Gasteiger partial charge in [-0.1, -0.05) is 6.58 Å². The van der Waals surface area contributed by atoms with Crippen LogP contribution in [0.5, 0.6) is 0 Å². The molecule has 152 valence electrons. The van der Waals surface area contributed by atoms with Crippen LogP contribution in [0.2, 0.25) is 0 Å². The van der Waals surface area contributed by atoms with Gasteiger partial charge in [0.25, 0.3) is 5.56 Å². The molecule has 30 heavy (non-hydrogen) atoms. The van der Waals surface area contributed by atoms with Gasteiger partial charge in [0, 0.05) is 46.8 Å². The topological polar surface area (TPSA) is 104 Å². The van der Waals surface area contributed by atoms with Crippen LogP contribution in [0.4, 0.5) is 0 Å². The average molecular weight is 402 g/mol. The maximum Gasteiger partial charge on any atom is 0.305 e. The summed E-state index contributed by atoms with van der Waals surface area (Å²) in [6, 6.07) is 5.77. The molecular weight excluding hydrogens is 380 g/mol. The van der Waals surface area contributed by atoms with E-state index in [1.807, 2.05) is 37.4 Å². The second-order valence-electron chi connectivity index (χ2n) is 7.13. The largest absolute Gasteiger partial charge is 0.469 e. The van der Waals surface area contributed by atoms with Crippen LogP contribution in [-0.4, -0.2) is 33.0 Å². The van der Waals surface area contributed by atoms with Gasteiger partial charge in [-0.2, -0.15) is 0 Å². The first kappa shape index (κ1) is 19.4. The number of pyridine rings is 1. The van der Waals surface area contributed by atoms with Crippen molar-refractivity contribution < 1.29 is 9.53 Å². The van der Waals surface area contributed by atoms with Gasteiger partial charge < -0.3 is 19.7 Å². The number of hydrogen-bond donors (Lipinski definition) is 3. The predicted molar refractivity (Wildman–Crippen MR) is 114 cm³/mol. The first-order valence-electron chi connectivity index (χ1n) is 9.57. The van der Waals surface area contributed by atoms with E-state index in [1.165, 1.54) is 7.11 Å². The van der Waals surface area contributed by atoms with Crippen LogP contribution in [0.3, 0.4) is 0 Å². The Morgan fingerprint density at radius 1 is 1.27 bits per heavy atom. The van der Waals surface area contributed by atoms with E-state index in [4.69, 9.17) is 4.74 Å². The number of H-pyrrole nitrogens is 3. The second-order valence-corrected chi connectivity index (χ2v) is 7.13. The lowest BCUT2D eigenvalue weighted by Gasteiger charge is -2.02. The van der Waals surface area contributed by atoms with Crippen LogP contribution < -0.4 is 16.1 Å². The molecule has 0 atom stereocenters. The van der Waals surface area contributed by atoms with E-state index < -0.39 is 0 Å². The number of methoxy groups -OCH3 is 1. The Kier molecular flexibility index (Phi) is 5.10. The molecule has 2 aliphatic heterocycles. The van der Waals surface area contributed by atoms with E-state index in [-0.39, 0.29) is 11.5 Å². The fourth-order valence-corrected chi connectivity index (χ4v) is 3.58. The lowest BCUT2D eigenvalue weighted by molar-refractivity contribution is -0.140. The Morgan fingerprint density at radius 3 is 2.77 bits per heavy atom. The third-order valence-corrected chi connectivity index (χ3v) is 5.33. The maximum absolute atomic E-state index is 12.7. The van der Waals surface area contributed by atoms with Crippen LogP contribution in [0.15, 0.2) is 41.6 Å². The molecule has 0 bridgehead atoms. The lowest BCUT2D eigenvalue weighted by Crippen LogP contribution is -2.22. The molecule has 0 saturated heterocycles. The first-order valence-corrected chi connectivity index (χ1v) is 9.57. The zero-order chi connectivity index (χ0) is 21.3. The van der Waals surface area contributed by atoms with Crippen LogP contribution >= 0.6 is 0 Å². The molecular formula is C23H22N4O3. The number of rotatable bonds is 5. The summed E-state index contributed by atoms with van der Waals surface area (Å²) in [6.07, 6.45) is 8.04. The van der Waals surface area contributed by atoms with E-state index in [9.17, 15) is 9.59 Å². The number of carbonyl (C=O) groups excluding carboxylic acids is 1. The molecule has 0 radical (unpaired) electrons. The van der Waals surface area contributed by atoms with Crippen LogP contribution in [0.25, 0.3) is 23.8 Å². The minimum atomic E-state index is -0.247. The van der Waals surface area contributed by atoms with Crippen molar-refractivity contribution >= 4 is 18.6 Å². The van der Waals surface area contributed by atoms with Gasteiger partial charge in [0.15, 0.2) is 0 Å². The molecule has 4 heterocycles. The van der Waals surface area contributed by atoms with Gasteiger partial charge in [-0.25, -0.2) is 0 Å².